The molecule has 2 aliphatic rings. The lowest BCUT2D eigenvalue weighted by atomic mass is 9.91. The number of piperidine rings is 1. The summed E-state index contributed by atoms with van der Waals surface area (Å²) >= 11 is 0. The Labute approximate surface area is 243 Å². The van der Waals surface area contributed by atoms with Gasteiger partial charge >= 0.3 is 0 Å². The Morgan fingerprint density at radius 2 is 1.86 bits per heavy atom. The van der Waals surface area contributed by atoms with Gasteiger partial charge in [0.05, 0.1) is 41.4 Å². The Kier molecular flexibility index (Phi) is 7.71. The standard InChI is InChI=1S/C30H34F2N6O3S/c1-18-16-37(17-25(33)30(18)41-9-10-42(2,39)40)27-7-8-34-14-21(27)13-28-35-15-22-5-6-26(36-38(22)28)29-23(31)11-20(12-24(29)32)19-3-4-19/h5-8,11-12,14-15,18-19,25,30H,3-4,9-10,13,16-17,33H2,1-2H3/t18-,25+,30-/m0/s1. The molecule has 6 rings (SSSR count). The minimum Gasteiger partial charge on any atom is -0.375 e. The zero-order valence-electron chi connectivity index (χ0n) is 23.6. The minimum absolute atomic E-state index is 0.0414. The van der Waals surface area contributed by atoms with Crippen LogP contribution in [0.2, 0.25) is 0 Å². The molecule has 1 aromatic carbocycles. The first-order valence-corrected chi connectivity index (χ1v) is 16.2. The number of halogens is 2. The van der Waals surface area contributed by atoms with Crippen molar-refractivity contribution >= 4 is 21.0 Å². The number of hydrogen-bond acceptors (Lipinski definition) is 8. The lowest BCUT2D eigenvalue weighted by Gasteiger charge is -2.42. The summed E-state index contributed by atoms with van der Waals surface area (Å²) in [6, 6.07) is 7.82. The summed E-state index contributed by atoms with van der Waals surface area (Å²) in [7, 11) is -3.12. The van der Waals surface area contributed by atoms with Gasteiger partial charge in [0.15, 0.2) is 0 Å². The highest BCUT2D eigenvalue weighted by atomic mass is 32.2. The summed E-state index contributed by atoms with van der Waals surface area (Å²) in [5.41, 5.74) is 9.82. The SMILES string of the molecule is C[C@H]1CN(c2ccncc2Cc2ncc3ccc(-c4c(F)cc(C5CC5)cc4F)nn23)C[C@@H](N)[C@H]1OCCS(C)(=O)=O. The van der Waals surface area contributed by atoms with Gasteiger partial charge < -0.3 is 15.4 Å². The largest absolute Gasteiger partial charge is 0.375 e. The minimum atomic E-state index is -3.12. The van der Waals surface area contributed by atoms with E-state index >= 15 is 8.78 Å². The summed E-state index contributed by atoms with van der Waals surface area (Å²) in [4.78, 5) is 11.1. The molecule has 12 heteroatoms. The van der Waals surface area contributed by atoms with Gasteiger partial charge in [-0.15, -0.1) is 0 Å². The van der Waals surface area contributed by atoms with Crippen molar-refractivity contribution in [2.45, 2.75) is 44.2 Å². The summed E-state index contributed by atoms with van der Waals surface area (Å²) in [5.74, 6) is -0.374. The van der Waals surface area contributed by atoms with Crippen LogP contribution in [0, 0.1) is 17.6 Å². The van der Waals surface area contributed by atoms with Crippen molar-refractivity contribution in [2.24, 2.45) is 11.7 Å². The second kappa shape index (κ2) is 11.3. The van der Waals surface area contributed by atoms with E-state index in [2.05, 4.69) is 20.0 Å². The number of nitrogens with two attached hydrogens (primary N) is 1. The maximum atomic E-state index is 15.1. The van der Waals surface area contributed by atoms with E-state index in [4.69, 9.17) is 10.5 Å². The highest BCUT2D eigenvalue weighted by molar-refractivity contribution is 7.90. The molecule has 0 unspecified atom stereocenters. The molecule has 3 aromatic heterocycles. The Bertz CT molecular complexity index is 1690. The molecule has 222 valence electrons. The van der Waals surface area contributed by atoms with Gasteiger partial charge in [-0.2, -0.15) is 5.10 Å². The Balaban J connectivity index is 1.24. The van der Waals surface area contributed by atoms with E-state index in [1.807, 2.05) is 13.0 Å². The van der Waals surface area contributed by atoms with Gasteiger partial charge in [0, 0.05) is 61.4 Å². The van der Waals surface area contributed by atoms with Crippen molar-refractivity contribution in [1.29, 1.82) is 0 Å². The predicted molar refractivity (Wildman–Crippen MR) is 156 cm³/mol. The molecule has 9 nitrogen and oxygen atoms in total. The number of benzene rings is 1. The molecule has 2 N–H and O–H groups in total. The van der Waals surface area contributed by atoms with Gasteiger partial charge in [0.25, 0.3) is 0 Å². The highest BCUT2D eigenvalue weighted by Crippen LogP contribution is 2.42. The van der Waals surface area contributed by atoms with Gasteiger partial charge in [0.2, 0.25) is 0 Å². The molecule has 1 saturated carbocycles. The molecule has 2 fully saturated rings. The van der Waals surface area contributed by atoms with Gasteiger partial charge in [-0.05, 0) is 54.7 Å². The Hall–Kier alpha value is -3.48. The topological polar surface area (TPSA) is 116 Å². The number of sulfone groups is 1. The molecule has 3 atom stereocenters. The fourth-order valence-corrected chi connectivity index (χ4v) is 6.24. The van der Waals surface area contributed by atoms with Gasteiger partial charge in [-0.25, -0.2) is 26.7 Å². The second-order valence-corrected chi connectivity index (χ2v) is 13.8. The number of ether oxygens (including phenoxy) is 1. The van der Waals surface area contributed by atoms with Gasteiger partial charge in [-0.3, -0.25) is 4.98 Å². The van der Waals surface area contributed by atoms with Crippen LogP contribution in [0.5, 0.6) is 0 Å². The van der Waals surface area contributed by atoms with E-state index in [9.17, 15) is 8.42 Å². The molecule has 4 aromatic rings. The van der Waals surface area contributed by atoms with Crippen molar-refractivity contribution in [3.05, 3.63) is 77.5 Å². The third-order valence-corrected chi connectivity index (χ3v) is 8.99. The molecule has 1 saturated heterocycles. The van der Waals surface area contributed by atoms with Gasteiger partial charge in [-0.1, -0.05) is 6.92 Å². The normalized spacial score (nSPS) is 21.3. The maximum absolute atomic E-state index is 15.1. The maximum Gasteiger partial charge on any atom is 0.149 e. The molecule has 42 heavy (non-hydrogen) atoms. The summed E-state index contributed by atoms with van der Waals surface area (Å²) < 4.78 is 60.7. The van der Waals surface area contributed by atoms with Crippen LogP contribution < -0.4 is 10.6 Å². The number of pyridine rings is 1. The highest BCUT2D eigenvalue weighted by Gasteiger charge is 2.34. The first-order chi connectivity index (χ1) is 20.1. The van der Waals surface area contributed by atoms with Crippen LogP contribution in [0.4, 0.5) is 14.5 Å². The number of fused-ring (bicyclic) bond motifs is 1. The van der Waals surface area contributed by atoms with Crippen LogP contribution in [-0.4, -0.2) is 71.9 Å². The Morgan fingerprint density at radius 1 is 1.10 bits per heavy atom. The fourth-order valence-electron chi connectivity index (χ4n) is 5.84. The number of hydrogen-bond donors (Lipinski definition) is 1. The molecule has 0 spiro atoms. The molecule has 1 aliphatic heterocycles. The average Bonchev–Trinajstić information content (AvgIpc) is 3.71. The number of nitrogens with zero attached hydrogens (tertiary/aromatic N) is 5. The Morgan fingerprint density at radius 3 is 2.55 bits per heavy atom. The summed E-state index contributed by atoms with van der Waals surface area (Å²) in [5, 5.41) is 4.60. The first kappa shape index (κ1) is 28.6. The van der Waals surface area contributed by atoms with E-state index in [1.54, 1.807) is 35.2 Å². The summed E-state index contributed by atoms with van der Waals surface area (Å²) in [6.07, 6.45) is 8.41. The zero-order valence-corrected chi connectivity index (χ0v) is 24.4. The van der Waals surface area contributed by atoms with E-state index < -0.39 is 21.5 Å². The zero-order chi connectivity index (χ0) is 29.6. The lowest BCUT2D eigenvalue weighted by molar-refractivity contribution is 0.00179. The number of imidazole rings is 1. The number of anilines is 1. The van der Waals surface area contributed by atoms with Crippen LogP contribution in [0.1, 0.15) is 42.6 Å². The molecule has 0 bridgehead atoms. The van der Waals surface area contributed by atoms with Crippen LogP contribution in [-0.2, 0) is 21.0 Å². The third-order valence-electron chi connectivity index (χ3n) is 8.08. The smallest absolute Gasteiger partial charge is 0.149 e. The van der Waals surface area contributed by atoms with Crippen LogP contribution in [0.15, 0.2) is 48.9 Å². The molecule has 4 heterocycles. The molecule has 0 radical (unpaired) electrons. The molecule has 0 amide bonds. The van der Waals surface area contributed by atoms with E-state index in [0.29, 0.717) is 36.4 Å². The van der Waals surface area contributed by atoms with E-state index in [0.717, 1.165) is 24.1 Å². The van der Waals surface area contributed by atoms with Crippen LogP contribution in [0.3, 0.4) is 0 Å². The van der Waals surface area contributed by atoms with Crippen LogP contribution >= 0.6 is 0 Å². The molecule has 1 aliphatic carbocycles. The average molecular weight is 597 g/mol. The van der Waals surface area contributed by atoms with Crippen LogP contribution in [0.25, 0.3) is 16.8 Å². The van der Waals surface area contributed by atoms with E-state index in [1.165, 1.54) is 18.4 Å². The molecular formula is C30H34F2N6O3S. The monoisotopic (exact) mass is 596 g/mol. The quantitative estimate of drug-likeness (QED) is 0.311. The third kappa shape index (κ3) is 6.02. The molecular weight excluding hydrogens is 562 g/mol. The van der Waals surface area contributed by atoms with Crippen molar-refractivity contribution < 1.29 is 21.9 Å². The second-order valence-electron chi connectivity index (χ2n) is 11.6. The number of aromatic nitrogens is 4. The lowest BCUT2D eigenvalue weighted by Crippen LogP contribution is -2.57. The van der Waals surface area contributed by atoms with Crippen molar-refractivity contribution in [1.82, 2.24) is 19.6 Å². The van der Waals surface area contributed by atoms with Gasteiger partial charge in [0.1, 0.15) is 27.3 Å². The summed E-state index contributed by atoms with van der Waals surface area (Å²) in [6.45, 7) is 3.34. The van der Waals surface area contributed by atoms with Crippen molar-refractivity contribution in [3.63, 3.8) is 0 Å². The first-order valence-electron chi connectivity index (χ1n) is 14.1. The van der Waals surface area contributed by atoms with Crippen molar-refractivity contribution in [3.8, 4) is 11.3 Å². The predicted octanol–water partition coefficient (Wildman–Crippen LogP) is 3.75. The number of rotatable bonds is 9. The van der Waals surface area contributed by atoms with Crippen molar-refractivity contribution in [2.75, 3.05) is 36.6 Å². The van der Waals surface area contributed by atoms with E-state index in [-0.39, 0.29) is 47.6 Å². The fraction of sp³-hybridized carbons (Fsp3) is 0.433.